The molecule has 29 heavy (non-hydrogen) atoms. The number of piperidine rings is 1. The van der Waals surface area contributed by atoms with E-state index in [1.807, 2.05) is 11.5 Å². The Bertz CT molecular complexity index is 928. The Hall–Kier alpha value is -2.78. The van der Waals surface area contributed by atoms with Gasteiger partial charge in [0, 0.05) is 25.1 Å². The maximum Gasteiger partial charge on any atom is 0.338 e. The van der Waals surface area contributed by atoms with E-state index in [1.165, 1.54) is 6.07 Å². The third-order valence-electron chi connectivity index (χ3n) is 5.14. The first-order chi connectivity index (χ1) is 13.9. The molecular formula is C20H26N4O5. The van der Waals surface area contributed by atoms with Crippen molar-refractivity contribution in [2.24, 2.45) is 0 Å². The fraction of sp³-hybridized carbons (Fsp3) is 0.500. The zero-order valence-electron chi connectivity index (χ0n) is 16.7. The van der Waals surface area contributed by atoms with Crippen LogP contribution >= 0.6 is 0 Å². The summed E-state index contributed by atoms with van der Waals surface area (Å²) in [5.74, 6) is -1.45. The van der Waals surface area contributed by atoms with Crippen LogP contribution in [0.1, 0.15) is 37.2 Å². The predicted molar refractivity (Wildman–Crippen MR) is 107 cm³/mol. The van der Waals surface area contributed by atoms with E-state index < -0.39 is 11.9 Å². The number of carboxylic acid groups (broad SMARTS) is 2. The third kappa shape index (κ3) is 4.80. The van der Waals surface area contributed by atoms with Crippen LogP contribution in [0.5, 0.6) is 0 Å². The van der Waals surface area contributed by atoms with E-state index in [2.05, 4.69) is 16.9 Å². The van der Waals surface area contributed by atoms with Crippen LogP contribution in [-0.2, 0) is 20.9 Å². The van der Waals surface area contributed by atoms with Gasteiger partial charge in [0.2, 0.25) is 0 Å². The molecule has 1 saturated heterocycles. The molecule has 0 unspecified atom stereocenters. The highest BCUT2D eigenvalue weighted by Gasteiger charge is 2.25. The van der Waals surface area contributed by atoms with Gasteiger partial charge in [-0.05, 0) is 52.0 Å². The molecule has 0 amide bonds. The molecule has 0 aromatic carbocycles. The molecular weight excluding hydrogens is 376 g/mol. The van der Waals surface area contributed by atoms with Gasteiger partial charge in [-0.3, -0.25) is 0 Å². The highest BCUT2D eigenvalue weighted by Crippen LogP contribution is 2.30. The number of carboxylic acids is 2. The minimum absolute atomic E-state index is 0.0971. The zero-order valence-corrected chi connectivity index (χ0v) is 16.7. The molecule has 0 aliphatic carbocycles. The largest absolute Gasteiger partial charge is 0.478 e. The lowest BCUT2D eigenvalue weighted by atomic mass is 9.96. The number of hydrogen-bond acceptors (Lipinski definition) is 6. The van der Waals surface area contributed by atoms with E-state index in [0.717, 1.165) is 31.8 Å². The third-order valence-corrected chi connectivity index (χ3v) is 5.14. The van der Waals surface area contributed by atoms with Crippen molar-refractivity contribution in [3.05, 3.63) is 29.7 Å². The fourth-order valence-corrected chi connectivity index (χ4v) is 3.64. The van der Waals surface area contributed by atoms with Crippen LogP contribution < -0.4 is 0 Å². The molecule has 2 N–H and O–H groups in total. The summed E-state index contributed by atoms with van der Waals surface area (Å²) in [6.07, 6.45) is 2.64. The van der Waals surface area contributed by atoms with Crippen molar-refractivity contribution in [1.82, 2.24) is 19.4 Å². The first-order valence-corrected chi connectivity index (χ1v) is 9.72. The first-order valence-electron chi connectivity index (χ1n) is 9.72. The lowest BCUT2D eigenvalue weighted by molar-refractivity contribution is -0.133. The van der Waals surface area contributed by atoms with Crippen LogP contribution in [0, 0.1) is 0 Å². The summed E-state index contributed by atoms with van der Waals surface area (Å²) in [7, 11) is 2.10. The van der Waals surface area contributed by atoms with Crippen LogP contribution in [0.25, 0.3) is 16.7 Å². The summed E-state index contributed by atoms with van der Waals surface area (Å²) in [6.45, 7) is 5.54. The molecule has 1 aliphatic rings. The van der Waals surface area contributed by atoms with Gasteiger partial charge in [-0.25, -0.2) is 19.6 Å². The number of aromatic nitrogens is 3. The lowest BCUT2D eigenvalue weighted by Gasteiger charge is -2.28. The Morgan fingerprint density at radius 3 is 2.59 bits per heavy atom. The summed E-state index contributed by atoms with van der Waals surface area (Å²) >= 11 is 0. The molecule has 0 atom stereocenters. The van der Waals surface area contributed by atoms with E-state index in [1.54, 1.807) is 6.07 Å². The number of imidazole rings is 1. The number of carbonyl (C=O) groups is 2. The molecule has 3 heterocycles. The second-order valence-electron chi connectivity index (χ2n) is 7.14. The van der Waals surface area contributed by atoms with Crippen molar-refractivity contribution in [2.75, 3.05) is 33.4 Å². The molecule has 0 radical (unpaired) electrons. The second kappa shape index (κ2) is 9.15. The fourth-order valence-electron chi connectivity index (χ4n) is 3.64. The maximum atomic E-state index is 11.5. The van der Waals surface area contributed by atoms with Gasteiger partial charge in [0.05, 0.1) is 17.9 Å². The van der Waals surface area contributed by atoms with E-state index in [0.29, 0.717) is 42.9 Å². The van der Waals surface area contributed by atoms with E-state index in [4.69, 9.17) is 14.8 Å². The Morgan fingerprint density at radius 2 is 1.97 bits per heavy atom. The predicted octanol–water partition coefficient (Wildman–Crippen LogP) is 1.83. The molecule has 9 nitrogen and oxygen atoms in total. The minimum Gasteiger partial charge on any atom is -0.478 e. The number of aliphatic carboxylic acids is 2. The van der Waals surface area contributed by atoms with Gasteiger partial charge in [-0.1, -0.05) is 0 Å². The molecule has 0 bridgehead atoms. The van der Waals surface area contributed by atoms with Crippen molar-refractivity contribution in [3.63, 3.8) is 0 Å². The Morgan fingerprint density at radius 1 is 1.24 bits per heavy atom. The summed E-state index contributed by atoms with van der Waals surface area (Å²) in [5, 5.41) is 18.4. The number of fused-ring (bicyclic) bond motifs is 1. The summed E-state index contributed by atoms with van der Waals surface area (Å²) in [5.41, 5.74) is 0.950. The van der Waals surface area contributed by atoms with Crippen LogP contribution in [-0.4, -0.2) is 74.9 Å². The summed E-state index contributed by atoms with van der Waals surface area (Å²) < 4.78 is 7.51. The monoisotopic (exact) mass is 402 g/mol. The number of nitrogens with zero attached hydrogens (tertiary/aromatic N) is 4. The SMILES string of the molecule is CCOCCn1c(C2CCN(C)CC2)nc2ccc(/C(=C/C(=O)O)C(=O)O)nc21. The van der Waals surface area contributed by atoms with Crippen LogP contribution in [0.4, 0.5) is 0 Å². The normalized spacial score (nSPS) is 16.4. The Kier molecular flexibility index (Phi) is 6.60. The standard InChI is InChI=1S/C20H26N4O5/c1-3-29-11-10-24-18(13-6-8-23(2)9-7-13)22-16-5-4-15(21-19(16)24)14(20(27)28)12-17(25)26/h4-5,12-13H,3,6-11H2,1-2H3,(H,25,26)(H,27,28)/b14-12-. The van der Waals surface area contributed by atoms with Crippen molar-refractivity contribution in [1.29, 1.82) is 0 Å². The lowest BCUT2D eigenvalue weighted by Crippen LogP contribution is -2.30. The van der Waals surface area contributed by atoms with Crippen LogP contribution in [0.2, 0.25) is 0 Å². The quantitative estimate of drug-likeness (QED) is 0.507. The summed E-state index contributed by atoms with van der Waals surface area (Å²) in [6, 6.07) is 3.20. The first kappa shape index (κ1) is 20.9. The summed E-state index contributed by atoms with van der Waals surface area (Å²) in [4.78, 5) is 34.1. The van der Waals surface area contributed by atoms with Crippen LogP contribution in [0.15, 0.2) is 18.2 Å². The Labute approximate surface area is 168 Å². The number of hydrogen-bond donors (Lipinski definition) is 2. The van der Waals surface area contributed by atoms with Gasteiger partial charge in [-0.2, -0.15) is 0 Å². The van der Waals surface area contributed by atoms with Crippen molar-refractivity contribution in [2.45, 2.75) is 32.2 Å². The van der Waals surface area contributed by atoms with Crippen molar-refractivity contribution >= 4 is 28.7 Å². The molecule has 1 fully saturated rings. The number of ether oxygens (including phenoxy) is 1. The van der Waals surface area contributed by atoms with Gasteiger partial charge >= 0.3 is 11.9 Å². The molecule has 2 aromatic rings. The maximum absolute atomic E-state index is 11.5. The molecule has 1 aliphatic heterocycles. The number of pyridine rings is 1. The zero-order chi connectivity index (χ0) is 21.0. The highest BCUT2D eigenvalue weighted by molar-refractivity contribution is 6.19. The van der Waals surface area contributed by atoms with Gasteiger partial charge in [0.15, 0.2) is 5.65 Å². The highest BCUT2D eigenvalue weighted by atomic mass is 16.5. The molecule has 2 aromatic heterocycles. The number of rotatable bonds is 8. The van der Waals surface area contributed by atoms with Gasteiger partial charge in [-0.15, -0.1) is 0 Å². The molecule has 156 valence electrons. The van der Waals surface area contributed by atoms with Crippen molar-refractivity contribution in [3.8, 4) is 0 Å². The molecule has 0 spiro atoms. The Balaban J connectivity index is 2.06. The van der Waals surface area contributed by atoms with Gasteiger partial charge in [0.25, 0.3) is 0 Å². The van der Waals surface area contributed by atoms with Gasteiger partial charge < -0.3 is 24.4 Å². The van der Waals surface area contributed by atoms with Crippen molar-refractivity contribution < 1.29 is 24.5 Å². The van der Waals surface area contributed by atoms with E-state index >= 15 is 0 Å². The average molecular weight is 402 g/mol. The minimum atomic E-state index is -1.34. The second-order valence-corrected chi connectivity index (χ2v) is 7.14. The average Bonchev–Trinajstić information content (AvgIpc) is 3.04. The van der Waals surface area contributed by atoms with Crippen LogP contribution in [0.3, 0.4) is 0 Å². The molecule has 9 heteroatoms. The number of likely N-dealkylation sites (tertiary alicyclic amines) is 1. The smallest absolute Gasteiger partial charge is 0.338 e. The van der Waals surface area contributed by atoms with Gasteiger partial charge in [0.1, 0.15) is 11.3 Å². The topological polar surface area (TPSA) is 118 Å². The molecule has 0 saturated carbocycles. The molecule has 3 rings (SSSR count). The van der Waals surface area contributed by atoms with E-state index in [-0.39, 0.29) is 11.3 Å². The van der Waals surface area contributed by atoms with E-state index in [9.17, 15) is 14.7 Å².